The van der Waals surface area contributed by atoms with Crippen LogP contribution in [0.15, 0.2) is 115 Å². The van der Waals surface area contributed by atoms with Crippen LogP contribution in [0.1, 0.15) is 48.5 Å². The number of rotatable bonds is 12. The van der Waals surface area contributed by atoms with Crippen molar-refractivity contribution in [2.75, 3.05) is 17.7 Å². The summed E-state index contributed by atoms with van der Waals surface area (Å²) in [4.78, 5) is 24.5. The number of hydrogen-bond donors (Lipinski definition) is 3. The van der Waals surface area contributed by atoms with Crippen molar-refractivity contribution in [3.8, 4) is 11.1 Å². The molecule has 0 aromatic heterocycles. The van der Waals surface area contributed by atoms with Crippen molar-refractivity contribution in [1.29, 1.82) is 0 Å². The number of nitrogens with one attached hydrogen (secondary N) is 2. The molecule has 0 saturated carbocycles. The number of ether oxygens (including phenoxy) is 3. The van der Waals surface area contributed by atoms with Crippen molar-refractivity contribution in [2.45, 2.75) is 50.4 Å². The predicted molar refractivity (Wildman–Crippen MR) is 185 cm³/mol. The molecule has 2 amide bonds. The van der Waals surface area contributed by atoms with Crippen LogP contribution in [0.25, 0.3) is 11.1 Å². The number of hydrogen-bond acceptors (Lipinski definition) is 7. The van der Waals surface area contributed by atoms with Gasteiger partial charge < -0.3 is 30.0 Å². The summed E-state index contributed by atoms with van der Waals surface area (Å²) in [5.41, 5.74) is 6.50. The fraction of sp³-hybridized carbons (Fsp3) is 0.263. The van der Waals surface area contributed by atoms with Crippen LogP contribution in [0.2, 0.25) is 0 Å². The zero-order valence-electron chi connectivity index (χ0n) is 26.6. The minimum atomic E-state index is -0.591. The first-order chi connectivity index (χ1) is 22.8. The highest BCUT2D eigenvalue weighted by Gasteiger charge is 2.38. The van der Waals surface area contributed by atoms with Crippen LogP contribution in [0.4, 0.5) is 10.5 Å². The van der Waals surface area contributed by atoms with Gasteiger partial charge in [-0.1, -0.05) is 92.4 Å². The second-order valence-corrected chi connectivity index (χ2v) is 12.5. The van der Waals surface area contributed by atoms with Crippen LogP contribution in [-0.4, -0.2) is 35.6 Å². The van der Waals surface area contributed by atoms with Crippen LogP contribution in [-0.2, 0) is 32.2 Å². The minimum absolute atomic E-state index is 0.0159. The molecule has 4 aromatic carbocycles. The van der Waals surface area contributed by atoms with Gasteiger partial charge in [-0.2, -0.15) is 0 Å². The summed E-state index contributed by atoms with van der Waals surface area (Å²) in [6, 6.07) is 31.7. The Balaban J connectivity index is 1.34. The topological polar surface area (TPSA) is 106 Å². The number of amides is 2. The van der Waals surface area contributed by atoms with Crippen molar-refractivity contribution < 1.29 is 28.9 Å². The maximum atomic E-state index is 12.0. The van der Waals surface area contributed by atoms with E-state index in [0.29, 0.717) is 12.3 Å². The highest BCUT2D eigenvalue weighted by atomic mass is 32.2. The van der Waals surface area contributed by atoms with Crippen LogP contribution in [0.5, 0.6) is 0 Å². The largest absolute Gasteiger partial charge is 0.445 e. The van der Waals surface area contributed by atoms with E-state index in [9.17, 15) is 14.7 Å². The van der Waals surface area contributed by atoms with Gasteiger partial charge >= 0.3 is 6.09 Å². The molecule has 4 atom stereocenters. The smallest absolute Gasteiger partial charge is 0.407 e. The first-order valence-corrected chi connectivity index (χ1v) is 16.5. The molecule has 3 N–H and O–H groups in total. The summed E-state index contributed by atoms with van der Waals surface area (Å²) in [5.74, 6) is 0.656. The Kier molecular flexibility index (Phi) is 11.9. The predicted octanol–water partition coefficient (Wildman–Crippen LogP) is 7.80. The van der Waals surface area contributed by atoms with Crippen LogP contribution in [0.3, 0.4) is 0 Å². The van der Waals surface area contributed by atoms with Crippen molar-refractivity contribution in [3.05, 3.63) is 132 Å². The molecule has 5 rings (SSSR count). The number of benzene rings is 4. The van der Waals surface area contributed by atoms with Gasteiger partial charge in [0.2, 0.25) is 5.91 Å². The van der Waals surface area contributed by atoms with Gasteiger partial charge in [0.05, 0.1) is 18.8 Å². The van der Waals surface area contributed by atoms with E-state index < -0.39 is 12.4 Å². The molecule has 1 aliphatic heterocycles. The van der Waals surface area contributed by atoms with Gasteiger partial charge in [0.1, 0.15) is 6.61 Å². The van der Waals surface area contributed by atoms with Crippen molar-refractivity contribution in [1.82, 2.24) is 5.32 Å². The minimum Gasteiger partial charge on any atom is -0.445 e. The highest BCUT2D eigenvalue weighted by molar-refractivity contribution is 7.99. The maximum absolute atomic E-state index is 12.0. The summed E-state index contributed by atoms with van der Waals surface area (Å²) < 4.78 is 18.3. The van der Waals surface area contributed by atoms with Crippen molar-refractivity contribution in [2.24, 2.45) is 5.92 Å². The molecule has 1 heterocycles. The normalized spacial score (nSPS) is 19.0. The molecule has 4 unspecified atom stereocenters. The number of carbonyl (C=O) groups excluding carboxylic acids is 2. The summed E-state index contributed by atoms with van der Waals surface area (Å²) in [6.45, 7) is 7.67. The lowest BCUT2D eigenvalue weighted by atomic mass is 9.91. The van der Waals surface area contributed by atoms with E-state index in [1.165, 1.54) is 13.0 Å². The average molecular weight is 653 g/mol. The van der Waals surface area contributed by atoms with E-state index in [2.05, 4.69) is 24.1 Å². The van der Waals surface area contributed by atoms with Crippen LogP contribution >= 0.6 is 11.8 Å². The van der Waals surface area contributed by atoms with Crippen LogP contribution in [0, 0.1) is 5.92 Å². The molecule has 0 spiro atoms. The Bertz CT molecular complexity index is 1640. The molecule has 4 aromatic rings. The van der Waals surface area contributed by atoms with Gasteiger partial charge in [0, 0.05) is 41.3 Å². The Labute approximate surface area is 280 Å². The monoisotopic (exact) mass is 652 g/mol. The maximum Gasteiger partial charge on any atom is 0.407 e. The molecule has 8 nitrogen and oxygen atoms in total. The van der Waals surface area contributed by atoms with Crippen LogP contribution < -0.4 is 10.6 Å². The lowest BCUT2D eigenvalue weighted by Crippen LogP contribution is -2.38. The average Bonchev–Trinajstić information content (AvgIpc) is 3.10. The molecular formula is C38H40N2O6S. The Morgan fingerprint density at radius 3 is 2.32 bits per heavy atom. The lowest BCUT2D eigenvalue weighted by molar-refractivity contribution is -0.268. The quantitative estimate of drug-likeness (QED) is 0.106. The third kappa shape index (κ3) is 9.11. The Morgan fingerprint density at radius 1 is 0.936 bits per heavy atom. The molecule has 9 heteroatoms. The fourth-order valence-corrected chi connectivity index (χ4v) is 6.52. The third-order valence-corrected chi connectivity index (χ3v) is 9.08. The number of aliphatic hydroxyl groups excluding tert-OH is 1. The number of thioether (sulfide) groups is 1. The first-order valence-electron chi connectivity index (χ1n) is 15.6. The second kappa shape index (κ2) is 16.4. The van der Waals surface area contributed by atoms with E-state index in [1.54, 1.807) is 11.8 Å². The number of anilines is 1. The van der Waals surface area contributed by atoms with Crippen molar-refractivity contribution in [3.63, 3.8) is 0 Å². The summed E-state index contributed by atoms with van der Waals surface area (Å²) in [7, 11) is 0. The zero-order valence-corrected chi connectivity index (χ0v) is 27.4. The van der Waals surface area contributed by atoms with Gasteiger partial charge in [0.15, 0.2) is 6.29 Å². The Hall–Kier alpha value is -4.41. The van der Waals surface area contributed by atoms with Gasteiger partial charge in [-0.25, -0.2) is 4.79 Å². The third-order valence-electron chi connectivity index (χ3n) is 7.98. The van der Waals surface area contributed by atoms with Gasteiger partial charge in [-0.3, -0.25) is 4.79 Å². The SMILES string of the molecule is C=CCOC(=O)NCc1ccccc1-c1ccc(C2OC(CSc3ccc(NC(C)=O)cc3)C(C)C(c3ccc(CO)cc3)O2)cc1. The molecule has 0 radical (unpaired) electrons. The zero-order chi connectivity index (χ0) is 33.2. The molecule has 1 saturated heterocycles. The highest BCUT2D eigenvalue weighted by Crippen LogP contribution is 2.43. The van der Waals surface area contributed by atoms with Crippen molar-refractivity contribution >= 4 is 29.4 Å². The molecule has 1 aliphatic rings. The molecule has 0 aliphatic carbocycles. The van der Waals surface area contributed by atoms with E-state index in [-0.39, 0.29) is 37.2 Å². The van der Waals surface area contributed by atoms with Gasteiger partial charge in [0.25, 0.3) is 0 Å². The standard InChI is InChI=1S/C38H40N2O6S/c1-4-21-44-38(43)39-22-31-7-5-6-8-34(31)28-13-15-30(16-14-28)37-45-35(24-47-33-19-17-32(18-20-33)40-26(3)42)25(2)36(46-37)29-11-9-27(23-41)10-12-29/h4-20,25,35-37,41H,1,21-24H2,2-3H3,(H,39,43)(H,40,42). The van der Waals surface area contributed by atoms with E-state index in [1.807, 2.05) is 97.1 Å². The fourth-order valence-electron chi connectivity index (χ4n) is 5.45. The molecule has 0 bridgehead atoms. The molecule has 1 fully saturated rings. The summed E-state index contributed by atoms with van der Waals surface area (Å²) >= 11 is 1.70. The van der Waals surface area contributed by atoms with Gasteiger partial charge in [-0.15, -0.1) is 11.8 Å². The summed E-state index contributed by atoms with van der Waals surface area (Å²) in [5, 5.41) is 15.2. The number of aliphatic hydroxyl groups is 1. The number of alkyl carbamates (subject to hydrolysis) is 1. The molecule has 47 heavy (non-hydrogen) atoms. The number of carbonyl (C=O) groups is 2. The van der Waals surface area contributed by atoms with Gasteiger partial charge in [-0.05, 0) is 52.1 Å². The first kappa shape index (κ1) is 33.9. The Morgan fingerprint density at radius 2 is 1.64 bits per heavy atom. The summed E-state index contributed by atoms with van der Waals surface area (Å²) in [6.07, 6.45) is 0.101. The molecule has 244 valence electrons. The van der Waals surface area contributed by atoms with E-state index in [4.69, 9.17) is 14.2 Å². The van der Waals surface area contributed by atoms with E-state index in [0.717, 1.165) is 44.0 Å². The lowest BCUT2D eigenvalue weighted by Gasteiger charge is -2.41. The second-order valence-electron chi connectivity index (χ2n) is 11.4. The van der Waals surface area contributed by atoms with E-state index >= 15 is 0 Å². The molecular weight excluding hydrogens is 612 g/mol.